The Kier molecular flexibility index (Phi) is 8.74. The second kappa shape index (κ2) is 12.2. The van der Waals surface area contributed by atoms with E-state index in [9.17, 15) is 17.6 Å². The number of rotatable bonds is 10. The molecule has 2 atom stereocenters. The highest BCUT2D eigenvalue weighted by Gasteiger charge is 2.32. The highest BCUT2D eigenvalue weighted by molar-refractivity contribution is 5.34. The van der Waals surface area contributed by atoms with Crippen LogP contribution in [0.1, 0.15) is 31.5 Å². The molecule has 0 aromatic carbocycles. The Bertz CT molecular complexity index is 1100. The minimum absolute atomic E-state index is 0.0957. The second-order valence-electron chi connectivity index (χ2n) is 9.10. The smallest absolute Gasteiger partial charge is 0.324 e. The molecule has 0 radical (unpaired) electrons. The first kappa shape index (κ1) is 26.6. The van der Waals surface area contributed by atoms with Gasteiger partial charge in [0, 0.05) is 38.6 Å². The number of alkyl halides is 2. The van der Waals surface area contributed by atoms with E-state index in [0.29, 0.717) is 44.5 Å². The number of hydrogen-bond donors (Lipinski definition) is 1. The minimum atomic E-state index is -2.76. The molecule has 2 fully saturated rings. The van der Waals surface area contributed by atoms with E-state index >= 15 is 0 Å². The molecular weight excluding hydrogens is 494 g/mol. The van der Waals surface area contributed by atoms with Crippen LogP contribution in [0.4, 0.5) is 29.5 Å². The molecule has 0 saturated carbocycles. The van der Waals surface area contributed by atoms with Gasteiger partial charge in [0.15, 0.2) is 5.75 Å². The predicted octanol–water partition coefficient (Wildman–Crippen LogP) is 4.14. The highest BCUT2D eigenvalue weighted by atomic mass is 19.3. The number of anilines is 2. The molecule has 37 heavy (non-hydrogen) atoms. The summed E-state index contributed by atoms with van der Waals surface area (Å²) in [7, 11) is 0. The number of nitrogens with two attached hydrogens (primary N) is 1. The molecule has 9 nitrogen and oxygen atoms in total. The number of halogens is 4. The maximum atomic E-state index is 14.1. The first-order valence-corrected chi connectivity index (χ1v) is 12.0. The molecule has 0 spiro atoms. The lowest BCUT2D eigenvalue weighted by Crippen LogP contribution is -2.35. The molecule has 4 heterocycles. The SMILES string of the molecule is C=C/C(F)=C\C=C(\F)C[C@H]1CN(c2ncc(OCC3CCN(c4nc(C(F)F)no4)CC3)cn2)C[C@@H]1N. The summed E-state index contributed by atoms with van der Waals surface area (Å²) in [5.41, 5.74) is 6.19. The molecule has 2 N–H and O–H groups in total. The van der Waals surface area contributed by atoms with Crippen LogP contribution in [-0.2, 0) is 0 Å². The topological polar surface area (TPSA) is 106 Å². The lowest BCUT2D eigenvalue weighted by atomic mass is 9.98. The third-order valence-corrected chi connectivity index (χ3v) is 6.46. The maximum absolute atomic E-state index is 14.1. The fraction of sp³-hybridized carbons (Fsp3) is 0.500. The Morgan fingerprint density at radius 1 is 1.16 bits per heavy atom. The molecule has 2 aromatic heterocycles. The van der Waals surface area contributed by atoms with Crippen LogP contribution in [0.15, 0.2) is 53.4 Å². The Morgan fingerprint density at radius 2 is 1.89 bits per heavy atom. The largest absolute Gasteiger partial charge is 0.490 e. The van der Waals surface area contributed by atoms with E-state index < -0.39 is 23.9 Å². The fourth-order valence-corrected chi connectivity index (χ4v) is 4.33. The van der Waals surface area contributed by atoms with Crippen molar-refractivity contribution in [3.63, 3.8) is 0 Å². The van der Waals surface area contributed by atoms with Crippen LogP contribution >= 0.6 is 0 Å². The summed E-state index contributed by atoms with van der Waals surface area (Å²) in [5, 5.41) is 3.30. The summed E-state index contributed by atoms with van der Waals surface area (Å²) < 4.78 is 63.3. The quantitative estimate of drug-likeness (QED) is 0.363. The van der Waals surface area contributed by atoms with E-state index in [1.54, 1.807) is 17.3 Å². The number of allylic oxidation sites excluding steroid dienone is 5. The van der Waals surface area contributed by atoms with Crippen LogP contribution < -0.4 is 20.3 Å². The average Bonchev–Trinajstić information content (AvgIpc) is 3.54. The first-order valence-electron chi connectivity index (χ1n) is 12.0. The number of nitrogens with zero attached hydrogens (tertiary/aromatic N) is 6. The Balaban J connectivity index is 1.22. The summed E-state index contributed by atoms with van der Waals surface area (Å²) in [6, 6.07) is -0.161. The van der Waals surface area contributed by atoms with Gasteiger partial charge in [0.2, 0.25) is 11.8 Å². The third-order valence-electron chi connectivity index (χ3n) is 6.46. The van der Waals surface area contributed by atoms with Crippen molar-refractivity contribution in [2.45, 2.75) is 31.7 Å². The van der Waals surface area contributed by atoms with Crippen LogP contribution in [0, 0.1) is 11.8 Å². The highest BCUT2D eigenvalue weighted by Crippen LogP contribution is 2.28. The minimum Gasteiger partial charge on any atom is -0.490 e. The number of aromatic nitrogens is 4. The van der Waals surface area contributed by atoms with E-state index in [1.165, 1.54) is 0 Å². The Labute approximate surface area is 211 Å². The monoisotopic (exact) mass is 523 g/mol. The molecule has 2 aliphatic rings. The summed E-state index contributed by atoms with van der Waals surface area (Å²) >= 11 is 0. The van der Waals surface area contributed by atoms with Gasteiger partial charge in [0.05, 0.1) is 19.0 Å². The van der Waals surface area contributed by atoms with E-state index in [1.807, 2.05) is 4.90 Å². The van der Waals surface area contributed by atoms with Crippen LogP contribution in [0.3, 0.4) is 0 Å². The summed E-state index contributed by atoms with van der Waals surface area (Å²) in [4.78, 5) is 16.2. The van der Waals surface area contributed by atoms with Crippen molar-refractivity contribution in [3.05, 3.63) is 54.7 Å². The van der Waals surface area contributed by atoms with Crippen LogP contribution in [0.25, 0.3) is 0 Å². The van der Waals surface area contributed by atoms with Crippen molar-refractivity contribution >= 4 is 12.0 Å². The summed E-state index contributed by atoms with van der Waals surface area (Å²) in [5.74, 6) is -0.557. The first-order chi connectivity index (χ1) is 17.8. The van der Waals surface area contributed by atoms with Gasteiger partial charge in [0.1, 0.15) is 11.7 Å². The molecule has 13 heteroatoms. The maximum Gasteiger partial charge on any atom is 0.324 e. The van der Waals surface area contributed by atoms with E-state index in [4.69, 9.17) is 15.0 Å². The van der Waals surface area contributed by atoms with Gasteiger partial charge in [-0.2, -0.15) is 4.98 Å². The zero-order valence-electron chi connectivity index (χ0n) is 20.1. The van der Waals surface area contributed by atoms with Crippen molar-refractivity contribution in [1.82, 2.24) is 20.1 Å². The Morgan fingerprint density at radius 3 is 2.54 bits per heavy atom. The van der Waals surface area contributed by atoms with Crippen molar-refractivity contribution in [3.8, 4) is 5.75 Å². The number of piperidine rings is 1. The van der Waals surface area contributed by atoms with Gasteiger partial charge in [-0.25, -0.2) is 27.5 Å². The van der Waals surface area contributed by atoms with Crippen molar-refractivity contribution in [2.75, 3.05) is 42.6 Å². The third kappa shape index (κ3) is 7.06. The van der Waals surface area contributed by atoms with Gasteiger partial charge >= 0.3 is 12.4 Å². The lowest BCUT2D eigenvalue weighted by Gasteiger charge is -2.30. The van der Waals surface area contributed by atoms with Gasteiger partial charge < -0.3 is 24.8 Å². The molecule has 200 valence electrons. The summed E-state index contributed by atoms with van der Waals surface area (Å²) in [6.07, 6.45) is 5.19. The molecule has 0 aliphatic carbocycles. The average molecular weight is 524 g/mol. The standard InChI is InChI=1S/C24H29F4N7O2/c1-2-17(25)3-4-18(26)9-16-12-35(13-20(16)29)23-30-10-19(11-31-23)36-14-15-5-7-34(8-6-15)24-32-22(21(27)28)33-37-24/h2-4,10-11,15-16,20-21H,1,5-9,12-14,29H2/b17-3+,18-4+/t16-,20-/m0/s1. The molecule has 0 amide bonds. The number of ether oxygens (including phenoxy) is 1. The van der Waals surface area contributed by atoms with E-state index in [2.05, 4.69) is 26.7 Å². The van der Waals surface area contributed by atoms with Gasteiger partial charge in [-0.05, 0) is 42.9 Å². The molecule has 0 unspecified atom stereocenters. The normalized spacial score (nSPS) is 21.7. The molecule has 2 saturated heterocycles. The molecule has 2 aromatic rings. The van der Waals surface area contributed by atoms with Crippen LogP contribution in [0.5, 0.6) is 5.75 Å². The zero-order valence-corrected chi connectivity index (χ0v) is 20.1. The second-order valence-corrected chi connectivity index (χ2v) is 9.10. The van der Waals surface area contributed by atoms with E-state index in [-0.39, 0.29) is 30.3 Å². The van der Waals surface area contributed by atoms with Gasteiger partial charge in [-0.15, -0.1) is 0 Å². The Hall–Kier alpha value is -3.48. The lowest BCUT2D eigenvalue weighted by molar-refractivity contribution is 0.136. The molecular formula is C24H29F4N7O2. The molecule has 2 aliphatic heterocycles. The summed E-state index contributed by atoms with van der Waals surface area (Å²) in [6.45, 7) is 5.90. The van der Waals surface area contributed by atoms with Gasteiger partial charge in [-0.1, -0.05) is 11.7 Å². The van der Waals surface area contributed by atoms with Crippen LogP contribution in [-0.4, -0.2) is 58.9 Å². The predicted molar refractivity (Wildman–Crippen MR) is 129 cm³/mol. The van der Waals surface area contributed by atoms with Crippen molar-refractivity contribution in [2.24, 2.45) is 17.6 Å². The van der Waals surface area contributed by atoms with Gasteiger partial charge in [0.25, 0.3) is 0 Å². The number of hydrogen-bond acceptors (Lipinski definition) is 9. The molecule has 4 rings (SSSR count). The van der Waals surface area contributed by atoms with Crippen molar-refractivity contribution in [1.29, 1.82) is 0 Å². The zero-order chi connectivity index (χ0) is 26.4. The molecule has 0 bridgehead atoms. The van der Waals surface area contributed by atoms with Crippen LogP contribution in [0.2, 0.25) is 0 Å². The van der Waals surface area contributed by atoms with Crippen molar-refractivity contribution < 1.29 is 26.8 Å². The fourth-order valence-electron chi connectivity index (χ4n) is 4.33. The van der Waals surface area contributed by atoms with E-state index in [0.717, 1.165) is 31.1 Å². The van der Waals surface area contributed by atoms with Gasteiger partial charge in [-0.3, -0.25) is 0 Å².